The van der Waals surface area contributed by atoms with Crippen molar-refractivity contribution in [1.82, 2.24) is 24.9 Å². The molecule has 0 saturated carbocycles. The molecule has 3 heterocycles. The molecule has 0 saturated heterocycles. The molecule has 4 rings (SSSR count). The molecule has 0 unspecified atom stereocenters. The standard InChI is InChI=1S/C22H25N5O2/c1-12(2)18(24-21(28)14(4)16-9-7-6-8-10-16)19-25-20-17-13(3)15(5)29-22(17)23-11-27(20)26-19/h6-12,14,18H,1-5H3,(H,24,28)/t14-,18-/m1/s1. The van der Waals surface area contributed by atoms with Gasteiger partial charge in [0.1, 0.15) is 12.1 Å². The van der Waals surface area contributed by atoms with Gasteiger partial charge in [-0.1, -0.05) is 44.2 Å². The van der Waals surface area contributed by atoms with Gasteiger partial charge in [-0.15, -0.1) is 5.10 Å². The van der Waals surface area contributed by atoms with Crippen molar-refractivity contribution >= 4 is 22.7 Å². The number of rotatable bonds is 5. The quantitative estimate of drug-likeness (QED) is 0.553. The minimum absolute atomic E-state index is 0.0487. The molecule has 7 nitrogen and oxygen atoms in total. The van der Waals surface area contributed by atoms with Crippen LogP contribution < -0.4 is 5.32 Å². The Hall–Kier alpha value is -3.22. The summed E-state index contributed by atoms with van der Waals surface area (Å²) in [6.07, 6.45) is 1.60. The van der Waals surface area contributed by atoms with Gasteiger partial charge in [0.25, 0.3) is 0 Å². The molecule has 1 amide bonds. The monoisotopic (exact) mass is 391 g/mol. The molecule has 29 heavy (non-hydrogen) atoms. The smallest absolute Gasteiger partial charge is 0.231 e. The molecule has 0 radical (unpaired) electrons. The molecule has 7 heteroatoms. The lowest BCUT2D eigenvalue weighted by atomic mass is 9.98. The van der Waals surface area contributed by atoms with E-state index in [4.69, 9.17) is 9.40 Å². The number of aromatic nitrogens is 4. The van der Waals surface area contributed by atoms with Crippen molar-refractivity contribution in [3.8, 4) is 0 Å². The molecule has 1 aromatic carbocycles. The van der Waals surface area contributed by atoms with Crippen LogP contribution in [0.25, 0.3) is 16.7 Å². The summed E-state index contributed by atoms with van der Waals surface area (Å²) in [7, 11) is 0. The summed E-state index contributed by atoms with van der Waals surface area (Å²) in [6, 6.07) is 9.44. The lowest BCUT2D eigenvalue weighted by Gasteiger charge is -2.22. The number of carbonyl (C=O) groups is 1. The lowest BCUT2D eigenvalue weighted by molar-refractivity contribution is -0.123. The van der Waals surface area contributed by atoms with Crippen molar-refractivity contribution in [2.45, 2.75) is 46.6 Å². The highest BCUT2D eigenvalue weighted by Crippen LogP contribution is 2.28. The summed E-state index contributed by atoms with van der Waals surface area (Å²) in [5, 5.41) is 8.60. The summed E-state index contributed by atoms with van der Waals surface area (Å²) in [6.45, 7) is 9.90. The molecule has 1 N–H and O–H groups in total. The summed E-state index contributed by atoms with van der Waals surface area (Å²) < 4.78 is 7.36. The first kappa shape index (κ1) is 19.1. The molecule has 0 spiro atoms. The van der Waals surface area contributed by atoms with Crippen LogP contribution in [0.1, 0.15) is 55.4 Å². The minimum atomic E-state index is -0.308. The van der Waals surface area contributed by atoms with Crippen LogP contribution >= 0.6 is 0 Å². The molecule has 0 aliphatic carbocycles. The highest BCUT2D eigenvalue weighted by Gasteiger charge is 2.27. The van der Waals surface area contributed by atoms with Crippen molar-refractivity contribution < 1.29 is 9.21 Å². The van der Waals surface area contributed by atoms with E-state index < -0.39 is 0 Å². The van der Waals surface area contributed by atoms with Gasteiger partial charge < -0.3 is 9.73 Å². The second kappa shape index (κ2) is 7.31. The Kier molecular flexibility index (Phi) is 4.82. The Morgan fingerprint density at radius 1 is 1.14 bits per heavy atom. The van der Waals surface area contributed by atoms with E-state index in [0.29, 0.717) is 17.2 Å². The third-order valence-corrected chi connectivity index (χ3v) is 5.46. The number of amides is 1. The Labute approximate surface area is 169 Å². The molecule has 0 fully saturated rings. The number of furan rings is 1. The summed E-state index contributed by atoms with van der Waals surface area (Å²) >= 11 is 0. The topological polar surface area (TPSA) is 85.3 Å². The van der Waals surface area contributed by atoms with Gasteiger partial charge in [0.2, 0.25) is 11.6 Å². The number of hydrogen-bond donors (Lipinski definition) is 1. The average molecular weight is 391 g/mol. The Bertz CT molecular complexity index is 1180. The zero-order valence-corrected chi connectivity index (χ0v) is 17.3. The van der Waals surface area contributed by atoms with Crippen LogP contribution in [-0.4, -0.2) is 25.5 Å². The summed E-state index contributed by atoms with van der Waals surface area (Å²) in [5.74, 6) is 1.20. The van der Waals surface area contributed by atoms with E-state index >= 15 is 0 Å². The van der Waals surface area contributed by atoms with Crippen LogP contribution in [0.2, 0.25) is 0 Å². The molecule has 2 atom stereocenters. The Morgan fingerprint density at radius 2 is 1.86 bits per heavy atom. The molecule has 0 aliphatic rings. The zero-order chi connectivity index (χ0) is 20.7. The first-order chi connectivity index (χ1) is 13.9. The third-order valence-electron chi connectivity index (χ3n) is 5.46. The first-order valence-electron chi connectivity index (χ1n) is 9.83. The van der Waals surface area contributed by atoms with E-state index in [1.54, 1.807) is 10.8 Å². The molecular formula is C22H25N5O2. The van der Waals surface area contributed by atoms with E-state index in [9.17, 15) is 4.79 Å². The SMILES string of the molecule is Cc1oc2ncn3nc([C@H](NC(=O)[C@H](C)c4ccccc4)C(C)C)nc3c2c1C. The highest BCUT2D eigenvalue weighted by molar-refractivity contribution is 5.91. The molecule has 0 aliphatic heterocycles. The second-order valence-electron chi connectivity index (χ2n) is 7.81. The highest BCUT2D eigenvalue weighted by atomic mass is 16.3. The predicted molar refractivity (Wildman–Crippen MR) is 111 cm³/mol. The fourth-order valence-corrected chi connectivity index (χ4v) is 3.49. The van der Waals surface area contributed by atoms with Gasteiger partial charge in [0, 0.05) is 5.56 Å². The van der Waals surface area contributed by atoms with Gasteiger partial charge in [-0.25, -0.2) is 14.5 Å². The number of fused-ring (bicyclic) bond motifs is 3. The van der Waals surface area contributed by atoms with Gasteiger partial charge in [-0.3, -0.25) is 4.79 Å². The molecular weight excluding hydrogens is 366 g/mol. The number of nitrogens with one attached hydrogen (secondary N) is 1. The van der Waals surface area contributed by atoms with Crippen LogP contribution in [0, 0.1) is 19.8 Å². The summed E-state index contributed by atoms with van der Waals surface area (Å²) in [5.41, 5.74) is 3.22. The molecule has 150 valence electrons. The maximum Gasteiger partial charge on any atom is 0.231 e. The molecule has 3 aromatic heterocycles. The van der Waals surface area contributed by atoms with Crippen LogP contribution in [0.5, 0.6) is 0 Å². The van der Waals surface area contributed by atoms with Crippen LogP contribution in [0.4, 0.5) is 0 Å². The third kappa shape index (κ3) is 3.37. The van der Waals surface area contributed by atoms with E-state index in [0.717, 1.165) is 22.3 Å². The van der Waals surface area contributed by atoms with E-state index in [1.807, 2.05) is 65.0 Å². The van der Waals surface area contributed by atoms with Crippen LogP contribution in [0.15, 0.2) is 41.1 Å². The fourth-order valence-electron chi connectivity index (χ4n) is 3.49. The van der Waals surface area contributed by atoms with Gasteiger partial charge >= 0.3 is 0 Å². The number of benzene rings is 1. The van der Waals surface area contributed by atoms with E-state index in [1.165, 1.54) is 0 Å². The number of hydrogen-bond acceptors (Lipinski definition) is 5. The lowest BCUT2D eigenvalue weighted by Crippen LogP contribution is -2.35. The van der Waals surface area contributed by atoms with E-state index in [-0.39, 0.29) is 23.8 Å². The molecule has 4 aromatic rings. The van der Waals surface area contributed by atoms with Gasteiger partial charge in [-0.2, -0.15) is 0 Å². The van der Waals surface area contributed by atoms with Gasteiger partial charge in [0.15, 0.2) is 11.5 Å². The van der Waals surface area contributed by atoms with Crippen LogP contribution in [-0.2, 0) is 4.79 Å². The Balaban J connectivity index is 1.69. The van der Waals surface area contributed by atoms with Gasteiger partial charge in [0.05, 0.1) is 17.3 Å². The van der Waals surface area contributed by atoms with Crippen molar-refractivity contribution in [3.05, 3.63) is 59.4 Å². The number of nitrogens with zero attached hydrogens (tertiary/aromatic N) is 4. The first-order valence-corrected chi connectivity index (χ1v) is 9.83. The number of carbonyl (C=O) groups excluding carboxylic acids is 1. The molecule has 0 bridgehead atoms. The fraction of sp³-hybridized carbons (Fsp3) is 0.364. The minimum Gasteiger partial charge on any atom is -0.443 e. The number of aryl methyl sites for hydroxylation is 2. The van der Waals surface area contributed by atoms with E-state index in [2.05, 4.69) is 15.4 Å². The van der Waals surface area contributed by atoms with Crippen molar-refractivity contribution in [2.24, 2.45) is 5.92 Å². The predicted octanol–water partition coefficient (Wildman–Crippen LogP) is 4.10. The second-order valence-corrected chi connectivity index (χ2v) is 7.81. The normalized spacial score (nSPS) is 13.9. The van der Waals surface area contributed by atoms with Crippen LogP contribution in [0.3, 0.4) is 0 Å². The van der Waals surface area contributed by atoms with Gasteiger partial charge in [-0.05, 0) is 32.3 Å². The average Bonchev–Trinajstić information content (AvgIpc) is 3.26. The summed E-state index contributed by atoms with van der Waals surface area (Å²) in [4.78, 5) is 22.0. The zero-order valence-electron chi connectivity index (χ0n) is 17.3. The maximum absolute atomic E-state index is 12.9. The Morgan fingerprint density at radius 3 is 2.55 bits per heavy atom. The van der Waals surface area contributed by atoms with Crippen molar-refractivity contribution in [2.75, 3.05) is 0 Å². The largest absolute Gasteiger partial charge is 0.443 e. The maximum atomic E-state index is 12.9. The van der Waals surface area contributed by atoms with Crippen molar-refractivity contribution in [1.29, 1.82) is 0 Å². The van der Waals surface area contributed by atoms with Crippen molar-refractivity contribution in [3.63, 3.8) is 0 Å².